The monoisotopic (exact) mass is 648 g/mol. The number of methoxy groups -OCH3 is 1. The summed E-state index contributed by atoms with van der Waals surface area (Å²) in [5.74, 6) is 3.43. The molecule has 2 aliphatic heterocycles. The maximum Gasteiger partial charge on any atom is 0.406 e. The normalized spacial score (nSPS) is 20.4. The van der Waals surface area contributed by atoms with E-state index in [0.717, 1.165) is 17.0 Å². The fraction of sp³-hybridized carbons (Fsp3) is 0.452. The Hall–Kier alpha value is -4.42. The Bertz CT molecular complexity index is 1670. The van der Waals surface area contributed by atoms with Gasteiger partial charge >= 0.3 is 6.18 Å². The van der Waals surface area contributed by atoms with E-state index in [4.69, 9.17) is 9.47 Å². The fourth-order valence-electron chi connectivity index (χ4n) is 5.63. The number of hydrogen-bond acceptors (Lipinski definition) is 7. The zero-order valence-electron chi connectivity index (χ0n) is 25.3. The fourth-order valence-corrected chi connectivity index (χ4v) is 5.63. The van der Waals surface area contributed by atoms with Crippen LogP contribution in [0.3, 0.4) is 0 Å². The second kappa shape index (κ2) is 13.5. The number of imidazole rings is 1. The maximum absolute atomic E-state index is 15.3. The smallest absolute Gasteiger partial charge is 0.406 e. The summed E-state index contributed by atoms with van der Waals surface area (Å²) < 4.78 is 80.9. The zero-order chi connectivity index (χ0) is 33.2. The highest BCUT2D eigenvalue weighted by atomic mass is 19.4. The summed E-state index contributed by atoms with van der Waals surface area (Å²) in [5, 5.41) is 8.03. The molecule has 2 aliphatic rings. The lowest BCUT2D eigenvalue weighted by Gasteiger charge is -2.45. The van der Waals surface area contributed by atoms with Gasteiger partial charge in [0.2, 0.25) is 0 Å². The van der Waals surface area contributed by atoms with Crippen molar-refractivity contribution in [3.05, 3.63) is 53.1 Å². The highest BCUT2D eigenvalue weighted by Gasteiger charge is 2.40. The topological polar surface area (TPSA) is 110 Å². The molecule has 0 unspecified atom stereocenters. The van der Waals surface area contributed by atoms with Crippen LogP contribution in [0.25, 0.3) is 11.0 Å². The summed E-state index contributed by atoms with van der Waals surface area (Å²) in [6.07, 6.45) is -4.93. The molecule has 10 nitrogen and oxygen atoms in total. The van der Waals surface area contributed by atoms with Gasteiger partial charge in [0, 0.05) is 31.8 Å². The maximum atomic E-state index is 15.3. The molecule has 3 aromatic rings. The molecular weight excluding hydrogens is 615 g/mol. The first-order valence-corrected chi connectivity index (χ1v) is 14.5. The minimum Gasteiger partial charge on any atom is -0.494 e. The summed E-state index contributed by atoms with van der Waals surface area (Å²) in [6.45, 7) is 2.20. The van der Waals surface area contributed by atoms with E-state index in [-0.39, 0.29) is 64.2 Å². The predicted octanol–water partition coefficient (Wildman–Crippen LogP) is 3.36. The lowest BCUT2D eigenvalue weighted by molar-refractivity contribution is -0.140. The van der Waals surface area contributed by atoms with Gasteiger partial charge in [0.05, 0.1) is 67.6 Å². The lowest BCUT2D eigenvalue weighted by atomic mass is 9.90. The summed E-state index contributed by atoms with van der Waals surface area (Å²) in [7, 11) is 2.69. The third-order valence-corrected chi connectivity index (χ3v) is 8.05. The van der Waals surface area contributed by atoms with E-state index in [2.05, 4.69) is 32.8 Å². The SMILES string of the molecule is CNC(=O)c1cc(NCC#Cc2cc(C(=O)N[C@@H]3[C@@H](C)CN(C4COC4)C[C@@H]3F)c3ncn(CC(F)(F)F)c3c2)c(OC)cc1F. The molecule has 2 aromatic carbocycles. The number of halogens is 5. The molecule has 0 bridgehead atoms. The number of amides is 2. The van der Waals surface area contributed by atoms with Crippen molar-refractivity contribution in [3.8, 4) is 17.6 Å². The number of anilines is 1. The first-order valence-electron chi connectivity index (χ1n) is 14.5. The van der Waals surface area contributed by atoms with Crippen LogP contribution in [0.1, 0.15) is 33.2 Å². The van der Waals surface area contributed by atoms with Crippen LogP contribution in [-0.2, 0) is 11.3 Å². The first kappa shape index (κ1) is 33.0. The Labute approximate surface area is 261 Å². The van der Waals surface area contributed by atoms with Crippen molar-refractivity contribution in [1.29, 1.82) is 0 Å². The van der Waals surface area contributed by atoms with Crippen LogP contribution in [0.15, 0.2) is 30.6 Å². The van der Waals surface area contributed by atoms with E-state index in [1.165, 1.54) is 32.4 Å². The molecule has 3 N–H and O–H groups in total. The number of nitrogens with one attached hydrogen (secondary N) is 3. The van der Waals surface area contributed by atoms with Gasteiger partial charge in [0.15, 0.2) is 0 Å². The number of carbonyl (C=O) groups excluding carboxylic acids is 2. The Kier molecular flexibility index (Phi) is 9.68. The summed E-state index contributed by atoms with van der Waals surface area (Å²) in [5.41, 5.74) is 0.287. The Morgan fingerprint density at radius 2 is 1.89 bits per heavy atom. The zero-order valence-corrected chi connectivity index (χ0v) is 25.3. The number of piperidine rings is 1. The number of nitrogens with zero attached hydrogens (tertiary/aromatic N) is 3. The number of hydrogen-bond donors (Lipinski definition) is 3. The number of fused-ring (bicyclic) bond motifs is 1. The molecule has 0 saturated carbocycles. The van der Waals surface area contributed by atoms with Gasteiger partial charge < -0.3 is 30.0 Å². The largest absolute Gasteiger partial charge is 0.494 e. The second-order valence-corrected chi connectivity index (χ2v) is 11.3. The molecular formula is C31H33F5N6O4. The van der Waals surface area contributed by atoms with Crippen LogP contribution in [0.2, 0.25) is 0 Å². The second-order valence-electron chi connectivity index (χ2n) is 11.3. The Morgan fingerprint density at radius 3 is 2.52 bits per heavy atom. The quantitative estimate of drug-likeness (QED) is 0.254. The van der Waals surface area contributed by atoms with Gasteiger partial charge in [0.1, 0.15) is 29.8 Å². The van der Waals surface area contributed by atoms with Crippen molar-refractivity contribution >= 4 is 28.5 Å². The highest BCUT2D eigenvalue weighted by Crippen LogP contribution is 2.29. The number of benzene rings is 2. The van der Waals surface area contributed by atoms with Gasteiger partial charge in [0.25, 0.3) is 11.8 Å². The lowest BCUT2D eigenvalue weighted by Crippen LogP contribution is -2.62. The molecule has 2 saturated heterocycles. The highest BCUT2D eigenvalue weighted by molar-refractivity contribution is 6.05. The van der Waals surface area contributed by atoms with Crippen LogP contribution in [0, 0.1) is 23.6 Å². The Balaban J connectivity index is 1.40. The average molecular weight is 649 g/mol. The molecule has 5 rings (SSSR count). The number of rotatable bonds is 8. The van der Waals surface area contributed by atoms with Gasteiger partial charge in [-0.05, 0) is 24.1 Å². The first-order chi connectivity index (χ1) is 21.9. The van der Waals surface area contributed by atoms with Gasteiger partial charge in [-0.2, -0.15) is 13.2 Å². The molecule has 246 valence electrons. The van der Waals surface area contributed by atoms with E-state index in [1.807, 2.05) is 11.8 Å². The number of alkyl halides is 4. The minimum atomic E-state index is -4.56. The molecule has 3 atom stereocenters. The molecule has 3 heterocycles. The third kappa shape index (κ3) is 7.18. The van der Waals surface area contributed by atoms with E-state index in [0.29, 0.717) is 19.8 Å². The van der Waals surface area contributed by atoms with Gasteiger partial charge in [-0.3, -0.25) is 14.5 Å². The van der Waals surface area contributed by atoms with Gasteiger partial charge in [-0.15, -0.1) is 0 Å². The van der Waals surface area contributed by atoms with Crippen LogP contribution < -0.4 is 20.7 Å². The molecule has 1 aromatic heterocycles. The van der Waals surface area contributed by atoms with Crippen molar-refractivity contribution in [1.82, 2.24) is 25.1 Å². The van der Waals surface area contributed by atoms with Crippen LogP contribution in [-0.4, -0.2) is 97.7 Å². The van der Waals surface area contributed by atoms with E-state index in [9.17, 15) is 27.2 Å². The van der Waals surface area contributed by atoms with Crippen molar-refractivity contribution < 1.29 is 41.0 Å². The van der Waals surface area contributed by atoms with Crippen molar-refractivity contribution in [2.24, 2.45) is 5.92 Å². The predicted molar refractivity (Wildman–Crippen MR) is 159 cm³/mol. The number of carbonyl (C=O) groups is 2. The summed E-state index contributed by atoms with van der Waals surface area (Å²) in [4.78, 5) is 31.7. The number of ether oxygens (including phenoxy) is 2. The Morgan fingerprint density at radius 1 is 1.13 bits per heavy atom. The molecule has 2 amide bonds. The van der Waals surface area contributed by atoms with Gasteiger partial charge in [-0.25, -0.2) is 13.8 Å². The number of likely N-dealkylation sites (tertiary alicyclic amines) is 1. The van der Waals surface area contributed by atoms with E-state index in [1.54, 1.807) is 0 Å². The molecule has 2 fully saturated rings. The summed E-state index contributed by atoms with van der Waals surface area (Å²) >= 11 is 0. The molecule has 0 aliphatic carbocycles. The van der Waals surface area contributed by atoms with Gasteiger partial charge in [-0.1, -0.05) is 18.8 Å². The van der Waals surface area contributed by atoms with Crippen molar-refractivity contribution in [3.63, 3.8) is 0 Å². The minimum absolute atomic E-state index is 0.0234. The van der Waals surface area contributed by atoms with Crippen LogP contribution in [0.4, 0.5) is 27.6 Å². The van der Waals surface area contributed by atoms with Crippen molar-refractivity contribution in [2.45, 2.75) is 37.9 Å². The number of aromatic nitrogens is 2. The standard InChI is InChI=1S/C31H33F5N6O4/c1-17-11-41(19-13-46-14-19)12-23(33)27(17)40-30(44)21-7-18(8-25-28(21)39-16-42(25)15-31(34,35)36)5-4-6-38-24-9-20(29(43)37-2)22(32)10-26(24)45-3/h7-10,16-17,19,23,27,38H,6,11-15H2,1-3H3,(H,37,43)(H,40,44)/t17-,23-,27+/m0/s1. The summed E-state index contributed by atoms with van der Waals surface area (Å²) in [6, 6.07) is 4.43. The molecule has 0 radical (unpaired) electrons. The molecule has 46 heavy (non-hydrogen) atoms. The van der Waals surface area contributed by atoms with E-state index >= 15 is 4.39 Å². The third-order valence-electron chi connectivity index (χ3n) is 8.05. The average Bonchev–Trinajstić information content (AvgIpc) is 3.36. The molecule has 15 heteroatoms. The van der Waals surface area contributed by atoms with Crippen LogP contribution in [0.5, 0.6) is 5.75 Å². The molecule has 0 spiro atoms. The van der Waals surface area contributed by atoms with Crippen molar-refractivity contribution in [2.75, 3.05) is 52.3 Å². The van der Waals surface area contributed by atoms with E-state index < -0.39 is 42.6 Å². The van der Waals surface area contributed by atoms with Crippen LogP contribution >= 0.6 is 0 Å².